The number of hydrogen-bond donors (Lipinski definition) is 1. The number of ether oxygens (including phenoxy) is 1. The Hall–Kier alpha value is -3.79. The number of benzene rings is 1. The number of rotatable bonds is 7. The van der Waals surface area contributed by atoms with E-state index in [-0.39, 0.29) is 24.3 Å². The minimum absolute atomic E-state index is 0.0975. The Balaban J connectivity index is 1.83. The summed E-state index contributed by atoms with van der Waals surface area (Å²) in [6, 6.07) is 11.4. The first kappa shape index (κ1) is 19.5. The number of aromatic nitrogens is 6. The molecule has 1 amide bonds. The molecule has 0 radical (unpaired) electrons. The number of methoxy groups -OCH3 is 1. The molecule has 0 aliphatic heterocycles. The number of nitrogens with two attached hydrogens (primary N) is 1. The van der Waals surface area contributed by atoms with E-state index in [1.165, 1.54) is 12.0 Å². The van der Waals surface area contributed by atoms with Crippen molar-refractivity contribution in [2.75, 3.05) is 24.4 Å². The highest BCUT2D eigenvalue weighted by Gasteiger charge is 2.23. The molecule has 10 heteroatoms. The molecule has 0 saturated carbocycles. The van der Waals surface area contributed by atoms with Gasteiger partial charge in [-0.15, -0.1) is 0 Å². The van der Waals surface area contributed by atoms with Crippen molar-refractivity contribution in [1.29, 1.82) is 0 Å². The summed E-state index contributed by atoms with van der Waals surface area (Å²) in [6.07, 6.45) is 3.46. The fraction of sp³-hybridized carbons (Fsp3) is 0.250. The topological polar surface area (TPSA) is 117 Å². The smallest absolute Gasteiger partial charge is 0.255 e. The van der Waals surface area contributed by atoms with E-state index in [1.54, 1.807) is 17.1 Å². The molecular weight excluding hydrogens is 384 g/mol. The van der Waals surface area contributed by atoms with Gasteiger partial charge in [-0.3, -0.25) is 14.3 Å². The molecule has 0 bridgehead atoms. The maximum Gasteiger partial charge on any atom is 0.255 e. The first-order chi connectivity index (χ1) is 14.6. The molecule has 0 unspecified atom stereocenters. The van der Waals surface area contributed by atoms with Gasteiger partial charge in [-0.25, -0.2) is 9.67 Å². The molecule has 0 fully saturated rings. The molecule has 10 nitrogen and oxygen atoms in total. The van der Waals surface area contributed by atoms with Crippen LogP contribution in [0.4, 0.5) is 11.8 Å². The second kappa shape index (κ2) is 8.29. The van der Waals surface area contributed by atoms with Gasteiger partial charge >= 0.3 is 0 Å². The molecule has 0 saturated heterocycles. The Morgan fingerprint density at radius 2 is 1.97 bits per heavy atom. The van der Waals surface area contributed by atoms with Crippen LogP contribution >= 0.6 is 0 Å². The van der Waals surface area contributed by atoms with Gasteiger partial charge < -0.3 is 10.5 Å². The van der Waals surface area contributed by atoms with Gasteiger partial charge in [0.1, 0.15) is 6.61 Å². The SMILES string of the molecule is CCn1c(-n2cccn2)nc2c(N)nc(N(Cc3ccccc3)C(=O)COC)nc21. The number of aryl methyl sites for hydroxylation is 1. The maximum absolute atomic E-state index is 12.8. The molecule has 0 spiro atoms. The fourth-order valence-corrected chi connectivity index (χ4v) is 3.21. The molecule has 0 atom stereocenters. The van der Waals surface area contributed by atoms with Crippen LogP contribution in [0.5, 0.6) is 0 Å². The molecule has 0 aliphatic carbocycles. The van der Waals surface area contributed by atoms with E-state index < -0.39 is 0 Å². The largest absolute Gasteiger partial charge is 0.382 e. The molecule has 154 valence electrons. The van der Waals surface area contributed by atoms with E-state index in [0.717, 1.165) is 5.56 Å². The minimum atomic E-state index is -0.269. The third-order valence-electron chi connectivity index (χ3n) is 4.61. The van der Waals surface area contributed by atoms with Crippen LogP contribution in [0.2, 0.25) is 0 Å². The molecule has 30 heavy (non-hydrogen) atoms. The summed E-state index contributed by atoms with van der Waals surface area (Å²) >= 11 is 0. The average Bonchev–Trinajstić information content (AvgIpc) is 3.40. The van der Waals surface area contributed by atoms with Crippen LogP contribution in [0, 0.1) is 0 Å². The predicted molar refractivity (Wildman–Crippen MR) is 112 cm³/mol. The van der Waals surface area contributed by atoms with Gasteiger partial charge in [0.2, 0.25) is 11.9 Å². The zero-order valence-corrected chi connectivity index (χ0v) is 16.8. The summed E-state index contributed by atoms with van der Waals surface area (Å²) in [7, 11) is 1.47. The van der Waals surface area contributed by atoms with E-state index in [0.29, 0.717) is 30.2 Å². The molecule has 4 aromatic rings. The van der Waals surface area contributed by atoms with Crippen LogP contribution in [0.1, 0.15) is 12.5 Å². The molecule has 0 aliphatic rings. The van der Waals surface area contributed by atoms with E-state index >= 15 is 0 Å². The second-order valence-corrected chi connectivity index (χ2v) is 6.59. The fourth-order valence-electron chi connectivity index (χ4n) is 3.21. The van der Waals surface area contributed by atoms with Gasteiger partial charge in [0.25, 0.3) is 5.91 Å². The number of carbonyl (C=O) groups excluding carboxylic acids is 1. The second-order valence-electron chi connectivity index (χ2n) is 6.59. The van der Waals surface area contributed by atoms with Crippen molar-refractivity contribution < 1.29 is 9.53 Å². The standard InChI is InChI=1S/C20H22N8O2/c1-3-26-18-16(23-20(26)28-11-7-10-22-28)17(21)24-19(25-18)27(15(29)13-30-2)12-14-8-5-4-6-9-14/h4-11H,3,12-13H2,1-2H3,(H2,21,24,25). The van der Waals surface area contributed by atoms with Crippen molar-refractivity contribution in [3.8, 4) is 5.95 Å². The lowest BCUT2D eigenvalue weighted by molar-refractivity contribution is -0.122. The van der Waals surface area contributed by atoms with Crippen molar-refractivity contribution in [2.24, 2.45) is 0 Å². The number of carbonyl (C=O) groups is 1. The lowest BCUT2D eigenvalue weighted by Crippen LogP contribution is -2.35. The lowest BCUT2D eigenvalue weighted by atomic mass is 10.2. The van der Waals surface area contributed by atoms with Crippen molar-refractivity contribution in [3.63, 3.8) is 0 Å². The lowest BCUT2D eigenvalue weighted by Gasteiger charge is -2.21. The number of imidazole rings is 1. The first-order valence-electron chi connectivity index (χ1n) is 9.49. The quantitative estimate of drug-likeness (QED) is 0.497. The maximum atomic E-state index is 12.8. The zero-order chi connectivity index (χ0) is 21.1. The number of fused-ring (bicyclic) bond motifs is 1. The number of hydrogen-bond acceptors (Lipinski definition) is 7. The van der Waals surface area contributed by atoms with Crippen molar-refractivity contribution in [1.82, 2.24) is 29.3 Å². The Morgan fingerprint density at radius 3 is 2.63 bits per heavy atom. The Kier molecular flexibility index (Phi) is 5.40. The zero-order valence-electron chi connectivity index (χ0n) is 16.8. The third kappa shape index (κ3) is 3.60. The average molecular weight is 406 g/mol. The van der Waals surface area contributed by atoms with Crippen molar-refractivity contribution >= 4 is 28.8 Å². The van der Waals surface area contributed by atoms with Crippen LogP contribution < -0.4 is 10.6 Å². The summed E-state index contributed by atoms with van der Waals surface area (Å²) < 4.78 is 8.57. The summed E-state index contributed by atoms with van der Waals surface area (Å²) in [5, 5.41) is 4.25. The summed E-state index contributed by atoms with van der Waals surface area (Å²) in [6.45, 7) is 2.76. The van der Waals surface area contributed by atoms with Crippen LogP contribution in [0.15, 0.2) is 48.8 Å². The number of anilines is 2. The molecule has 3 aromatic heterocycles. The number of amides is 1. The molecule has 4 rings (SSSR count). The van der Waals surface area contributed by atoms with Crippen molar-refractivity contribution in [3.05, 3.63) is 54.4 Å². The van der Waals surface area contributed by atoms with E-state index in [9.17, 15) is 4.79 Å². The number of nitrogen functional groups attached to an aromatic ring is 1. The predicted octanol–water partition coefficient (Wildman–Crippen LogP) is 1.79. The van der Waals surface area contributed by atoms with Crippen molar-refractivity contribution in [2.45, 2.75) is 20.0 Å². The molecular formula is C20H22N8O2. The molecule has 3 heterocycles. The van der Waals surface area contributed by atoms with Gasteiger partial charge in [-0.05, 0) is 18.6 Å². The van der Waals surface area contributed by atoms with Crippen LogP contribution in [-0.4, -0.2) is 48.9 Å². The number of nitrogens with zero attached hydrogens (tertiary/aromatic N) is 7. The summed E-state index contributed by atoms with van der Waals surface area (Å²) in [5.74, 6) is 0.704. The minimum Gasteiger partial charge on any atom is -0.382 e. The van der Waals surface area contributed by atoms with Crippen LogP contribution in [0.25, 0.3) is 17.1 Å². The van der Waals surface area contributed by atoms with Crippen LogP contribution in [0.3, 0.4) is 0 Å². The monoisotopic (exact) mass is 406 g/mol. The summed E-state index contributed by atoms with van der Waals surface area (Å²) in [4.78, 5) is 27.9. The van der Waals surface area contributed by atoms with Gasteiger partial charge in [0.05, 0.1) is 6.54 Å². The van der Waals surface area contributed by atoms with E-state index in [2.05, 4.69) is 20.1 Å². The normalized spacial score (nSPS) is 11.1. The van der Waals surface area contributed by atoms with E-state index in [1.807, 2.05) is 47.9 Å². The Bertz CT molecular complexity index is 1150. The van der Waals surface area contributed by atoms with Gasteiger partial charge in [0.15, 0.2) is 17.0 Å². The Labute approximate surface area is 172 Å². The van der Waals surface area contributed by atoms with Gasteiger partial charge in [0, 0.05) is 26.0 Å². The highest BCUT2D eigenvalue weighted by molar-refractivity contribution is 5.94. The summed E-state index contributed by atoms with van der Waals surface area (Å²) in [5.41, 5.74) is 8.16. The Morgan fingerprint density at radius 1 is 1.17 bits per heavy atom. The van der Waals surface area contributed by atoms with Gasteiger partial charge in [-0.1, -0.05) is 30.3 Å². The molecule has 2 N–H and O–H groups in total. The first-order valence-corrected chi connectivity index (χ1v) is 9.49. The van der Waals surface area contributed by atoms with Crippen LogP contribution in [-0.2, 0) is 22.6 Å². The highest BCUT2D eigenvalue weighted by atomic mass is 16.5. The third-order valence-corrected chi connectivity index (χ3v) is 4.61. The van der Waals surface area contributed by atoms with Gasteiger partial charge in [-0.2, -0.15) is 15.1 Å². The highest BCUT2D eigenvalue weighted by Crippen LogP contribution is 2.25. The molecule has 1 aromatic carbocycles. The van der Waals surface area contributed by atoms with E-state index in [4.69, 9.17) is 10.5 Å².